The number of methoxy groups -OCH3 is 1. The number of fused-ring (bicyclic) bond motifs is 2. The van der Waals surface area contributed by atoms with Crippen molar-refractivity contribution in [2.45, 2.75) is 19.9 Å². The number of hydrogen-bond acceptors (Lipinski definition) is 5. The Morgan fingerprint density at radius 3 is 2.42 bits per heavy atom. The predicted octanol–water partition coefficient (Wildman–Crippen LogP) is 5.97. The van der Waals surface area contributed by atoms with Gasteiger partial charge in [-0.3, -0.25) is 14.5 Å². The SMILES string of the molecule is COc1ccc(C2/C(=C(\O)c3cccc4ccccc34)C(=O)C(=O)N2c2nc3cc(C)c(C)cc3[nH]2)cc1. The second kappa shape index (κ2) is 8.88. The number of aromatic amines is 1. The smallest absolute Gasteiger partial charge is 0.302 e. The highest BCUT2D eigenvalue weighted by Gasteiger charge is 2.48. The number of benzene rings is 4. The molecule has 0 saturated carbocycles. The maximum atomic E-state index is 13.6. The van der Waals surface area contributed by atoms with E-state index < -0.39 is 17.7 Å². The summed E-state index contributed by atoms with van der Waals surface area (Å²) in [4.78, 5) is 36.4. The molecule has 0 spiro atoms. The van der Waals surface area contributed by atoms with Gasteiger partial charge >= 0.3 is 5.91 Å². The molecule has 188 valence electrons. The maximum Gasteiger partial charge on any atom is 0.302 e. The zero-order chi connectivity index (χ0) is 26.6. The number of nitrogens with zero attached hydrogens (tertiary/aromatic N) is 2. The number of carbonyl (C=O) groups is 2. The molecule has 1 saturated heterocycles. The molecule has 2 N–H and O–H groups in total. The maximum absolute atomic E-state index is 13.6. The molecule has 38 heavy (non-hydrogen) atoms. The highest BCUT2D eigenvalue weighted by atomic mass is 16.5. The molecule has 0 aliphatic carbocycles. The molecule has 0 radical (unpaired) electrons. The summed E-state index contributed by atoms with van der Waals surface area (Å²) >= 11 is 0. The third kappa shape index (κ3) is 3.63. The Kier molecular flexibility index (Phi) is 5.49. The number of ether oxygens (including phenoxy) is 1. The fraction of sp³-hybridized carbons (Fsp3) is 0.129. The van der Waals surface area contributed by atoms with Crippen LogP contribution in [0.25, 0.3) is 27.6 Å². The summed E-state index contributed by atoms with van der Waals surface area (Å²) in [7, 11) is 1.57. The fourth-order valence-corrected chi connectivity index (χ4v) is 5.10. The summed E-state index contributed by atoms with van der Waals surface area (Å²) in [5.74, 6) is -0.894. The first-order valence-electron chi connectivity index (χ1n) is 12.3. The van der Waals surface area contributed by atoms with E-state index >= 15 is 0 Å². The summed E-state index contributed by atoms with van der Waals surface area (Å²) in [5.41, 5.74) is 4.72. The number of amides is 1. The number of ketones is 1. The molecule has 7 nitrogen and oxygen atoms in total. The second-order valence-electron chi connectivity index (χ2n) is 9.48. The number of H-pyrrole nitrogens is 1. The van der Waals surface area contributed by atoms with E-state index in [9.17, 15) is 14.7 Å². The van der Waals surface area contributed by atoms with Crippen LogP contribution in [-0.4, -0.2) is 33.9 Å². The van der Waals surface area contributed by atoms with Crippen molar-refractivity contribution in [3.05, 3.63) is 107 Å². The van der Waals surface area contributed by atoms with Crippen LogP contribution >= 0.6 is 0 Å². The number of anilines is 1. The number of carbonyl (C=O) groups excluding carboxylic acids is 2. The Hall–Kier alpha value is -4.91. The quantitative estimate of drug-likeness (QED) is 0.179. The molecule has 6 rings (SSSR count). The van der Waals surface area contributed by atoms with E-state index in [0.29, 0.717) is 22.4 Å². The molecule has 1 aliphatic rings. The summed E-state index contributed by atoms with van der Waals surface area (Å²) in [6, 6.07) is 23.2. The molecule has 1 atom stereocenters. The number of aliphatic hydroxyl groups excluding tert-OH is 1. The lowest BCUT2D eigenvalue weighted by Gasteiger charge is -2.23. The van der Waals surface area contributed by atoms with Crippen LogP contribution in [0.4, 0.5) is 5.95 Å². The highest BCUT2D eigenvalue weighted by molar-refractivity contribution is 6.51. The molecule has 2 heterocycles. The van der Waals surface area contributed by atoms with Gasteiger partial charge < -0.3 is 14.8 Å². The van der Waals surface area contributed by atoms with E-state index in [-0.39, 0.29) is 17.3 Å². The lowest BCUT2D eigenvalue weighted by Crippen LogP contribution is -2.30. The van der Waals surface area contributed by atoms with E-state index in [0.717, 1.165) is 27.4 Å². The Bertz CT molecular complexity index is 1740. The minimum Gasteiger partial charge on any atom is -0.507 e. The lowest BCUT2D eigenvalue weighted by molar-refractivity contribution is -0.132. The van der Waals surface area contributed by atoms with Gasteiger partial charge in [0.2, 0.25) is 5.95 Å². The molecule has 7 heteroatoms. The monoisotopic (exact) mass is 503 g/mol. The van der Waals surface area contributed by atoms with Gasteiger partial charge in [0.1, 0.15) is 11.5 Å². The van der Waals surface area contributed by atoms with E-state index in [1.165, 1.54) is 4.90 Å². The summed E-state index contributed by atoms with van der Waals surface area (Å²) in [6.45, 7) is 4.00. The van der Waals surface area contributed by atoms with Crippen LogP contribution in [0.15, 0.2) is 84.4 Å². The summed E-state index contributed by atoms with van der Waals surface area (Å²) < 4.78 is 5.31. The number of aryl methyl sites for hydroxylation is 2. The number of aromatic nitrogens is 2. The van der Waals surface area contributed by atoms with Gasteiger partial charge in [0.05, 0.1) is 29.8 Å². The molecule has 1 unspecified atom stereocenters. The zero-order valence-corrected chi connectivity index (χ0v) is 21.1. The van der Waals surface area contributed by atoms with Gasteiger partial charge in [-0.25, -0.2) is 4.98 Å². The standard InChI is InChI=1S/C31H25N3O4/c1-17-15-24-25(16-18(17)2)33-31(32-24)34-27(20-11-13-21(38-3)14-12-20)26(29(36)30(34)37)28(35)23-10-6-8-19-7-4-5-9-22(19)23/h4-16,27,35H,1-3H3,(H,32,33)/b28-26+. The molecule has 1 fully saturated rings. The fourth-order valence-electron chi connectivity index (χ4n) is 5.10. The van der Waals surface area contributed by atoms with Crippen LogP contribution < -0.4 is 9.64 Å². The number of Topliss-reactive ketones (excluding diaryl/α,β-unsaturated/α-hetero) is 1. The number of hydrogen-bond donors (Lipinski definition) is 2. The van der Waals surface area contributed by atoms with E-state index in [1.54, 1.807) is 37.4 Å². The van der Waals surface area contributed by atoms with Crippen molar-refractivity contribution in [1.29, 1.82) is 0 Å². The van der Waals surface area contributed by atoms with Gasteiger partial charge in [-0.15, -0.1) is 0 Å². The van der Waals surface area contributed by atoms with Crippen molar-refractivity contribution >= 4 is 45.2 Å². The number of aliphatic hydroxyl groups is 1. The normalized spacial score (nSPS) is 17.0. The van der Waals surface area contributed by atoms with Crippen molar-refractivity contribution in [2.75, 3.05) is 12.0 Å². The van der Waals surface area contributed by atoms with Gasteiger partial charge in [0.15, 0.2) is 0 Å². The Balaban J connectivity index is 1.59. The average Bonchev–Trinajstić information content (AvgIpc) is 3.45. The topological polar surface area (TPSA) is 95.5 Å². The van der Waals surface area contributed by atoms with Crippen LogP contribution in [0.3, 0.4) is 0 Å². The van der Waals surface area contributed by atoms with Crippen molar-refractivity contribution in [3.8, 4) is 5.75 Å². The Morgan fingerprint density at radius 1 is 0.947 bits per heavy atom. The average molecular weight is 504 g/mol. The van der Waals surface area contributed by atoms with Gasteiger partial charge in [-0.1, -0.05) is 54.6 Å². The molecule has 1 aliphatic heterocycles. The van der Waals surface area contributed by atoms with Crippen LogP contribution in [0.1, 0.15) is 28.3 Å². The van der Waals surface area contributed by atoms with E-state index in [2.05, 4.69) is 9.97 Å². The first-order valence-corrected chi connectivity index (χ1v) is 12.3. The molecule has 1 aromatic heterocycles. The summed E-state index contributed by atoms with van der Waals surface area (Å²) in [5, 5.41) is 13.3. The number of imidazole rings is 1. The molecule has 1 amide bonds. The van der Waals surface area contributed by atoms with Crippen LogP contribution in [0.5, 0.6) is 5.75 Å². The molecule has 5 aromatic rings. The van der Waals surface area contributed by atoms with Crippen molar-refractivity contribution in [2.24, 2.45) is 0 Å². The molecule has 0 bridgehead atoms. The van der Waals surface area contributed by atoms with Gasteiger partial charge in [0.25, 0.3) is 5.78 Å². The predicted molar refractivity (Wildman–Crippen MR) is 147 cm³/mol. The van der Waals surface area contributed by atoms with Gasteiger partial charge in [0, 0.05) is 5.56 Å². The van der Waals surface area contributed by atoms with Crippen molar-refractivity contribution in [3.63, 3.8) is 0 Å². The van der Waals surface area contributed by atoms with E-state index in [1.807, 2.05) is 62.4 Å². The summed E-state index contributed by atoms with van der Waals surface area (Å²) in [6.07, 6.45) is 0. The van der Waals surface area contributed by atoms with Gasteiger partial charge in [-0.05, 0) is 65.6 Å². The van der Waals surface area contributed by atoms with Gasteiger partial charge in [-0.2, -0.15) is 0 Å². The third-order valence-corrected chi connectivity index (χ3v) is 7.23. The lowest BCUT2D eigenvalue weighted by atomic mass is 9.93. The largest absolute Gasteiger partial charge is 0.507 e. The van der Waals surface area contributed by atoms with Crippen molar-refractivity contribution in [1.82, 2.24) is 9.97 Å². The number of rotatable bonds is 4. The minimum atomic E-state index is -0.900. The number of nitrogens with one attached hydrogen (secondary N) is 1. The zero-order valence-electron chi connectivity index (χ0n) is 21.1. The molecular weight excluding hydrogens is 478 g/mol. The first kappa shape index (κ1) is 23.5. The Morgan fingerprint density at radius 2 is 1.66 bits per heavy atom. The van der Waals surface area contributed by atoms with Crippen LogP contribution in [0, 0.1) is 13.8 Å². The Labute approximate surface area is 219 Å². The van der Waals surface area contributed by atoms with Crippen LogP contribution in [-0.2, 0) is 9.59 Å². The van der Waals surface area contributed by atoms with Crippen molar-refractivity contribution < 1.29 is 19.4 Å². The second-order valence-corrected chi connectivity index (χ2v) is 9.48. The third-order valence-electron chi connectivity index (χ3n) is 7.23. The van der Waals surface area contributed by atoms with E-state index in [4.69, 9.17) is 4.74 Å². The minimum absolute atomic E-state index is 0.00402. The first-order chi connectivity index (χ1) is 18.4. The van der Waals surface area contributed by atoms with Crippen LogP contribution in [0.2, 0.25) is 0 Å². The highest BCUT2D eigenvalue weighted by Crippen LogP contribution is 2.43. The molecular formula is C31H25N3O4. The molecule has 4 aromatic carbocycles.